The van der Waals surface area contributed by atoms with Crippen LogP contribution in [-0.2, 0) is 0 Å². The summed E-state index contributed by atoms with van der Waals surface area (Å²) >= 11 is 0. The zero-order chi connectivity index (χ0) is 9.80. The molecule has 14 heavy (non-hydrogen) atoms. The molecular weight excluding hydrogens is 174 g/mol. The van der Waals surface area contributed by atoms with Gasteiger partial charge in [0.2, 0.25) is 0 Å². The first-order chi connectivity index (χ1) is 6.92. The highest BCUT2D eigenvalue weighted by atomic mass is 15.1. The van der Waals surface area contributed by atoms with Crippen molar-refractivity contribution in [1.29, 1.82) is 0 Å². The molecule has 1 saturated carbocycles. The van der Waals surface area contributed by atoms with Crippen LogP contribution in [0.4, 0.5) is 0 Å². The summed E-state index contributed by atoms with van der Waals surface area (Å²) in [6, 6.07) is 1.05. The maximum Gasteiger partial charge on any atom is 0.0949 e. The third kappa shape index (κ3) is 1.80. The van der Waals surface area contributed by atoms with Crippen LogP contribution in [0.3, 0.4) is 0 Å². The van der Waals surface area contributed by atoms with E-state index in [1.54, 1.807) is 0 Å². The van der Waals surface area contributed by atoms with Crippen molar-refractivity contribution in [3.05, 3.63) is 18.7 Å². The van der Waals surface area contributed by atoms with Gasteiger partial charge in [-0.05, 0) is 19.3 Å². The van der Waals surface area contributed by atoms with Crippen molar-refractivity contribution < 1.29 is 0 Å². The molecule has 1 heterocycles. The highest BCUT2D eigenvalue weighted by Gasteiger charge is 2.27. The molecule has 1 fully saturated rings. The van der Waals surface area contributed by atoms with Crippen LogP contribution in [0.5, 0.6) is 0 Å². The van der Waals surface area contributed by atoms with Crippen LogP contribution in [0.1, 0.15) is 25.3 Å². The predicted molar refractivity (Wildman–Crippen MR) is 55.7 cm³/mol. The van der Waals surface area contributed by atoms with Crippen molar-refractivity contribution in [1.82, 2.24) is 14.9 Å². The van der Waals surface area contributed by atoms with E-state index in [-0.39, 0.29) is 0 Å². The van der Waals surface area contributed by atoms with Crippen LogP contribution in [0, 0.1) is 12.3 Å². The van der Waals surface area contributed by atoms with Crippen molar-refractivity contribution in [2.24, 2.45) is 0 Å². The van der Waals surface area contributed by atoms with E-state index < -0.39 is 0 Å². The van der Waals surface area contributed by atoms with E-state index >= 15 is 0 Å². The first-order valence-electron chi connectivity index (χ1n) is 5.06. The van der Waals surface area contributed by atoms with E-state index in [0.29, 0.717) is 18.6 Å². The molecular formula is C11H15N3. The van der Waals surface area contributed by atoms with Crippen molar-refractivity contribution in [3.8, 4) is 12.3 Å². The minimum atomic E-state index is 0.514. The van der Waals surface area contributed by atoms with Gasteiger partial charge >= 0.3 is 0 Å². The predicted octanol–water partition coefficient (Wildman–Crippen LogP) is 1.20. The van der Waals surface area contributed by atoms with Gasteiger partial charge in [-0.1, -0.05) is 5.92 Å². The van der Waals surface area contributed by atoms with Crippen LogP contribution in [0.15, 0.2) is 18.7 Å². The molecule has 1 aliphatic rings. The molecule has 2 atom stereocenters. The van der Waals surface area contributed by atoms with Gasteiger partial charge in [-0.25, -0.2) is 4.98 Å². The number of nitrogens with one attached hydrogen (secondary N) is 1. The van der Waals surface area contributed by atoms with Crippen LogP contribution < -0.4 is 5.32 Å². The second kappa shape index (κ2) is 4.30. The Balaban J connectivity index is 2.01. The molecule has 2 unspecified atom stereocenters. The van der Waals surface area contributed by atoms with Gasteiger partial charge in [-0.15, -0.1) is 6.42 Å². The molecule has 0 aromatic carbocycles. The van der Waals surface area contributed by atoms with E-state index in [9.17, 15) is 0 Å². The topological polar surface area (TPSA) is 29.9 Å². The Morgan fingerprint density at radius 3 is 3.21 bits per heavy atom. The molecule has 2 rings (SSSR count). The normalized spacial score (nSPS) is 26.2. The van der Waals surface area contributed by atoms with E-state index in [2.05, 4.69) is 20.8 Å². The van der Waals surface area contributed by atoms with Gasteiger partial charge in [-0.3, -0.25) is 0 Å². The third-order valence-electron chi connectivity index (χ3n) is 2.85. The van der Waals surface area contributed by atoms with Gasteiger partial charge in [0.25, 0.3) is 0 Å². The van der Waals surface area contributed by atoms with Crippen molar-refractivity contribution >= 4 is 0 Å². The number of aromatic nitrogens is 2. The molecule has 0 bridgehead atoms. The van der Waals surface area contributed by atoms with Gasteiger partial charge in [0.15, 0.2) is 0 Å². The molecule has 1 aliphatic carbocycles. The Morgan fingerprint density at radius 1 is 1.57 bits per heavy atom. The summed E-state index contributed by atoms with van der Waals surface area (Å²) in [5.74, 6) is 2.62. The number of hydrogen-bond acceptors (Lipinski definition) is 2. The van der Waals surface area contributed by atoms with E-state index in [1.807, 2.05) is 18.7 Å². The fourth-order valence-electron chi connectivity index (χ4n) is 2.19. The molecule has 1 aromatic heterocycles. The molecule has 0 aliphatic heterocycles. The number of hydrogen-bond donors (Lipinski definition) is 1. The van der Waals surface area contributed by atoms with Gasteiger partial charge in [0.1, 0.15) is 0 Å². The first-order valence-corrected chi connectivity index (χ1v) is 5.06. The largest absolute Gasteiger partial charge is 0.333 e. The lowest BCUT2D eigenvalue weighted by atomic mass is 10.1. The second-order valence-corrected chi connectivity index (χ2v) is 3.70. The van der Waals surface area contributed by atoms with Crippen LogP contribution in [0.25, 0.3) is 0 Å². The lowest BCUT2D eigenvalue weighted by Crippen LogP contribution is -2.33. The van der Waals surface area contributed by atoms with Crippen molar-refractivity contribution in [2.75, 3.05) is 6.54 Å². The number of nitrogens with zero attached hydrogens (tertiary/aromatic N) is 2. The standard InChI is InChI=1S/C11H15N3/c1-2-6-13-10-4-3-5-11(10)14-8-7-12-9-14/h1,7-11,13H,3-6H2. The molecule has 1 N–H and O–H groups in total. The minimum Gasteiger partial charge on any atom is -0.333 e. The van der Waals surface area contributed by atoms with Gasteiger partial charge in [-0.2, -0.15) is 0 Å². The summed E-state index contributed by atoms with van der Waals surface area (Å²) in [5, 5.41) is 3.38. The summed E-state index contributed by atoms with van der Waals surface area (Å²) in [7, 11) is 0. The molecule has 74 valence electrons. The molecule has 0 spiro atoms. The van der Waals surface area contributed by atoms with Crippen molar-refractivity contribution in [2.45, 2.75) is 31.3 Å². The maximum atomic E-state index is 5.24. The summed E-state index contributed by atoms with van der Waals surface area (Å²) in [6.07, 6.45) is 14.7. The number of terminal acetylenes is 1. The molecule has 0 radical (unpaired) electrons. The van der Waals surface area contributed by atoms with E-state index in [4.69, 9.17) is 6.42 Å². The van der Waals surface area contributed by atoms with Gasteiger partial charge in [0.05, 0.1) is 12.9 Å². The monoisotopic (exact) mass is 189 g/mol. The Kier molecular flexibility index (Phi) is 2.85. The number of imidazole rings is 1. The quantitative estimate of drug-likeness (QED) is 0.724. The average molecular weight is 189 g/mol. The Morgan fingerprint density at radius 2 is 2.50 bits per heavy atom. The zero-order valence-electron chi connectivity index (χ0n) is 8.19. The molecule has 1 aromatic rings. The fourth-order valence-corrected chi connectivity index (χ4v) is 2.19. The zero-order valence-corrected chi connectivity index (χ0v) is 8.19. The third-order valence-corrected chi connectivity index (χ3v) is 2.85. The molecule has 3 nitrogen and oxygen atoms in total. The highest BCUT2D eigenvalue weighted by molar-refractivity contribution is 4.95. The Labute approximate surface area is 84.5 Å². The Bertz CT molecular complexity index is 310. The highest BCUT2D eigenvalue weighted by Crippen LogP contribution is 2.29. The first kappa shape index (κ1) is 9.29. The molecule has 3 heteroatoms. The number of rotatable bonds is 3. The van der Waals surface area contributed by atoms with Crippen molar-refractivity contribution in [3.63, 3.8) is 0 Å². The van der Waals surface area contributed by atoms with Gasteiger partial charge in [0, 0.05) is 24.5 Å². The lowest BCUT2D eigenvalue weighted by Gasteiger charge is -2.21. The molecule has 0 amide bonds. The molecule has 0 saturated heterocycles. The second-order valence-electron chi connectivity index (χ2n) is 3.70. The summed E-state index contributed by atoms with van der Waals surface area (Å²) < 4.78 is 2.18. The van der Waals surface area contributed by atoms with Crippen LogP contribution >= 0.6 is 0 Å². The summed E-state index contributed by atoms with van der Waals surface area (Å²) in [6.45, 7) is 0.663. The van der Waals surface area contributed by atoms with Crippen LogP contribution in [-0.4, -0.2) is 22.1 Å². The van der Waals surface area contributed by atoms with Gasteiger partial charge < -0.3 is 9.88 Å². The summed E-state index contributed by atoms with van der Waals surface area (Å²) in [4.78, 5) is 4.08. The average Bonchev–Trinajstić information content (AvgIpc) is 2.84. The maximum absolute atomic E-state index is 5.24. The van der Waals surface area contributed by atoms with Crippen LogP contribution in [0.2, 0.25) is 0 Å². The minimum absolute atomic E-state index is 0.514. The smallest absolute Gasteiger partial charge is 0.0949 e. The fraction of sp³-hybridized carbons (Fsp3) is 0.545. The summed E-state index contributed by atoms with van der Waals surface area (Å²) in [5.41, 5.74) is 0. The lowest BCUT2D eigenvalue weighted by molar-refractivity contribution is 0.406. The SMILES string of the molecule is C#CCNC1CCCC1n1ccnc1. The van der Waals surface area contributed by atoms with E-state index in [0.717, 1.165) is 0 Å². The van der Waals surface area contributed by atoms with E-state index in [1.165, 1.54) is 19.3 Å². The Hall–Kier alpha value is -1.27.